The predicted molar refractivity (Wildman–Crippen MR) is 91.9 cm³/mol. The molecule has 0 aliphatic carbocycles. The van der Waals surface area contributed by atoms with Crippen LogP contribution in [0.3, 0.4) is 0 Å². The number of alkyl halides is 1. The zero-order valence-corrected chi connectivity index (χ0v) is 14.0. The fourth-order valence-corrected chi connectivity index (χ4v) is 2.18. The molecule has 0 aliphatic rings. The van der Waals surface area contributed by atoms with E-state index in [0.29, 0.717) is 0 Å². The van der Waals surface area contributed by atoms with Gasteiger partial charge in [0.2, 0.25) is 5.75 Å². The van der Waals surface area contributed by atoms with E-state index in [1.54, 1.807) is 0 Å². The van der Waals surface area contributed by atoms with Crippen LogP contribution in [-0.2, 0) is 4.79 Å². The van der Waals surface area contributed by atoms with E-state index in [2.05, 4.69) is 10.6 Å². The van der Waals surface area contributed by atoms with Crippen LogP contribution < -0.4 is 20.1 Å². The largest absolute Gasteiger partial charge is 0.506 e. The number of halogens is 1. The molecular formula is C17H17FN2O6. The van der Waals surface area contributed by atoms with Gasteiger partial charge in [-0.1, -0.05) is 0 Å². The maximum Gasteiger partial charge on any atom is 0.255 e. The van der Waals surface area contributed by atoms with Crippen molar-refractivity contribution in [3.63, 3.8) is 0 Å². The maximum absolute atomic E-state index is 12.4. The molecule has 2 rings (SSSR count). The molecule has 0 aliphatic heterocycles. The second kappa shape index (κ2) is 8.06. The van der Waals surface area contributed by atoms with Crippen molar-refractivity contribution in [3.05, 3.63) is 35.9 Å². The minimum absolute atomic E-state index is 0.0891. The first-order valence-corrected chi connectivity index (χ1v) is 7.34. The molecule has 0 aromatic heterocycles. The Morgan fingerprint density at radius 2 is 1.77 bits per heavy atom. The van der Waals surface area contributed by atoms with Crippen molar-refractivity contribution < 1.29 is 33.7 Å². The van der Waals surface area contributed by atoms with Crippen molar-refractivity contribution in [2.24, 2.45) is 0 Å². The number of ether oxygens (including phenoxy) is 2. The van der Waals surface area contributed by atoms with Crippen LogP contribution in [0.15, 0.2) is 30.3 Å². The molecular weight excluding hydrogens is 347 g/mol. The molecule has 138 valence electrons. The highest BCUT2D eigenvalue weighted by atomic mass is 19.1. The second-order valence-corrected chi connectivity index (χ2v) is 5.10. The first-order valence-electron chi connectivity index (χ1n) is 7.34. The Bertz CT molecular complexity index is 840. The number of phenols is 2. The number of aromatic hydroxyl groups is 2. The summed E-state index contributed by atoms with van der Waals surface area (Å²) in [5.74, 6) is -1.76. The van der Waals surface area contributed by atoms with Crippen LogP contribution in [0, 0.1) is 0 Å². The fourth-order valence-electron chi connectivity index (χ4n) is 2.18. The molecule has 26 heavy (non-hydrogen) atoms. The van der Waals surface area contributed by atoms with E-state index in [1.165, 1.54) is 44.6 Å². The summed E-state index contributed by atoms with van der Waals surface area (Å²) in [7, 11) is 2.74. The van der Waals surface area contributed by atoms with Crippen LogP contribution in [0.4, 0.5) is 15.8 Å². The van der Waals surface area contributed by atoms with Gasteiger partial charge < -0.3 is 30.3 Å². The molecule has 2 amide bonds. The number of benzene rings is 2. The Kier molecular flexibility index (Phi) is 5.84. The summed E-state index contributed by atoms with van der Waals surface area (Å²) >= 11 is 0. The molecule has 0 radical (unpaired) electrons. The van der Waals surface area contributed by atoms with Crippen molar-refractivity contribution in [2.75, 3.05) is 31.5 Å². The van der Waals surface area contributed by atoms with Gasteiger partial charge in [0.15, 0.2) is 18.2 Å². The summed E-state index contributed by atoms with van der Waals surface area (Å²) < 4.78 is 22.4. The molecule has 0 unspecified atom stereocenters. The smallest absolute Gasteiger partial charge is 0.255 e. The molecule has 0 fully saturated rings. The van der Waals surface area contributed by atoms with Gasteiger partial charge in [0.1, 0.15) is 5.75 Å². The molecule has 2 aromatic carbocycles. The summed E-state index contributed by atoms with van der Waals surface area (Å²) in [6.07, 6.45) is 0. The standard InChI is InChI=1S/C17H17FN2O6/c1-25-14-7-10(6-13(22)16(14)26-2)19-17(24)9-3-4-12(21)11(5-9)20-15(23)8-18/h3-7,21-22H,8H2,1-2H3,(H,19,24)(H,20,23). The number of phenolic OH excluding ortho intramolecular Hbond substituents is 2. The lowest BCUT2D eigenvalue weighted by Crippen LogP contribution is -2.15. The van der Waals surface area contributed by atoms with Crippen LogP contribution in [-0.4, -0.2) is 42.9 Å². The normalized spacial score (nSPS) is 10.1. The number of rotatable bonds is 6. The zero-order chi connectivity index (χ0) is 19.3. The van der Waals surface area contributed by atoms with Crippen molar-refractivity contribution >= 4 is 23.2 Å². The van der Waals surface area contributed by atoms with Crippen molar-refractivity contribution in [1.29, 1.82) is 0 Å². The van der Waals surface area contributed by atoms with E-state index in [1.807, 2.05) is 0 Å². The first-order chi connectivity index (χ1) is 12.4. The summed E-state index contributed by atoms with van der Waals surface area (Å²) in [4.78, 5) is 23.5. The molecule has 0 atom stereocenters. The fraction of sp³-hybridized carbons (Fsp3) is 0.176. The number of methoxy groups -OCH3 is 2. The third-order valence-corrected chi connectivity index (χ3v) is 3.37. The van der Waals surface area contributed by atoms with Gasteiger partial charge in [0, 0.05) is 23.4 Å². The molecule has 0 spiro atoms. The highest BCUT2D eigenvalue weighted by molar-refractivity contribution is 6.06. The monoisotopic (exact) mass is 364 g/mol. The molecule has 2 aromatic rings. The van der Waals surface area contributed by atoms with E-state index in [9.17, 15) is 24.2 Å². The minimum atomic E-state index is -1.26. The van der Waals surface area contributed by atoms with Gasteiger partial charge in [-0.2, -0.15) is 0 Å². The van der Waals surface area contributed by atoms with Crippen molar-refractivity contribution in [2.45, 2.75) is 0 Å². The van der Waals surface area contributed by atoms with E-state index < -0.39 is 18.5 Å². The van der Waals surface area contributed by atoms with Gasteiger partial charge in [-0.25, -0.2) is 4.39 Å². The third-order valence-electron chi connectivity index (χ3n) is 3.37. The lowest BCUT2D eigenvalue weighted by atomic mass is 10.1. The average Bonchev–Trinajstić information content (AvgIpc) is 2.62. The maximum atomic E-state index is 12.4. The molecule has 0 saturated carbocycles. The number of amides is 2. The molecule has 0 saturated heterocycles. The van der Waals surface area contributed by atoms with E-state index in [4.69, 9.17) is 9.47 Å². The number of nitrogens with one attached hydrogen (secondary N) is 2. The Hall–Kier alpha value is -3.49. The third kappa shape index (κ3) is 4.12. The Labute approximate surface area is 148 Å². The summed E-state index contributed by atoms with van der Waals surface area (Å²) in [5, 5.41) is 24.3. The van der Waals surface area contributed by atoms with Crippen LogP contribution >= 0.6 is 0 Å². The van der Waals surface area contributed by atoms with Crippen LogP contribution in [0.1, 0.15) is 10.4 Å². The predicted octanol–water partition coefficient (Wildman–Crippen LogP) is 2.28. The van der Waals surface area contributed by atoms with E-state index >= 15 is 0 Å². The second-order valence-electron chi connectivity index (χ2n) is 5.10. The van der Waals surface area contributed by atoms with Gasteiger partial charge in [-0.05, 0) is 18.2 Å². The number of carbonyl (C=O) groups is 2. The highest BCUT2D eigenvalue weighted by Crippen LogP contribution is 2.39. The summed E-state index contributed by atoms with van der Waals surface area (Å²) in [6, 6.07) is 6.41. The van der Waals surface area contributed by atoms with Gasteiger partial charge in [0.05, 0.1) is 19.9 Å². The lowest BCUT2D eigenvalue weighted by molar-refractivity contribution is -0.117. The summed E-state index contributed by atoms with van der Waals surface area (Å²) in [6.45, 7) is -1.26. The van der Waals surface area contributed by atoms with Crippen molar-refractivity contribution in [1.82, 2.24) is 0 Å². The molecule has 0 bridgehead atoms. The number of hydrogen-bond acceptors (Lipinski definition) is 6. The zero-order valence-electron chi connectivity index (χ0n) is 14.0. The van der Waals surface area contributed by atoms with Gasteiger partial charge in [-0.3, -0.25) is 9.59 Å². The first kappa shape index (κ1) is 18.8. The number of hydrogen-bond donors (Lipinski definition) is 4. The summed E-state index contributed by atoms with van der Waals surface area (Å²) in [5.41, 5.74) is 0.217. The van der Waals surface area contributed by atoms with Crippen LogP contribution in [0.25, 0.3) is 0 Å². The highest BCUT2D eigenvalue weighted by Gasteiger charge is 2.15. The van der Waals surface area contributed by atoms with Gasteiger partial charge in [0.25, 0.3) is 11.8 Å². The Balaban J connectivity index is 2.26. The number of carbonyl (C=O) groups excluding carboxylic acids is 2. The molecule has 4 N–H and O–H groups in total. The lowest BCUT2D eigenvalue weighted by Gasteiger charge is -2.13. The topological polar surface area (TPSA) is 117 Å². The quantitative estimate of drug-likeness (QED) is 0.584. The van der Waals surface area contributed by atoms with Crippen molar-refractivity contribution in [3.8, 4) is 23.0 Å². The molecule has 8 nitrogen and oxygen atoms in total. The van der Waals surface area contributed by atoms with Gasteiger partial charge in [-0.15, -0.1) is 0 Å². The molecule has 9 heteroatoms. The van der Waals surface area contributed by atoms with E-state index in [-0.39, 0.29) is 39.9 Å². The number of anilines is 2. The van der Waals surface area contributed by atoms with E-state index in [0.717, 1.165) is 0 Å². The average molecular weight is 364 g/mol. The molecule has 0 heterocycles. The van der Waals surface area contributed by atoms with Crippen LogP contribution in [0.2, 0.25) is 0 Å². The Morgan fingerprint density at radius 1 is 1.04 bits per heavy atom. The van der Waals surface area contributed by atoms with Gasteiger partial charge >= 0.3 is 0 Å². The minimum Gasteiger partial charge on any atom is -0.506 e. The van der Waals surface area contributed by atoms with Crippen LogP contribution in [0.5, 0.6) is 23.0 Å². The Morgan fingerprint density at radius 3 is 2.38 bits per heavy atom. The SMILES string of the molecule is COc1cc(NC(=O)c2ccc(O)c(NC(=O)CF)c2)cc(O)c1OC.